The van der Waals surface area contributed by atoms with Gasteiger partial charge in [0.2, 0.25) is 0 Å². The first kappa shape index (κ1) is 31.2. The SMILES string of the molecule is c1cc(-c2ccc(N(c3ccc4c(ccc5ccccc54)c3)c3ccc4c(ccc5ccccc54)c3)cc2)cc(N2c3ccccc3Oc3ccccc32)c1. The molecule has 11 rings (SSSR count). The molecular formula is C52H34N2O. The third-order valence-electron chi connectivity index (χ3n) is 11.0. The fraction of sp³-hybridized carbons (Fsp3) is 0. The molecule has 1 heterocycles. The lowest BCUT2D eigenvalue weighted by atomic mass is 9.99. The number of fused-ring (bicyclic) bond motifs is 8. The minimum Gasteiger partial charge on any atom is -0.453 e. The van der Waals surface area contributed by atoms with Gasteiger partial charge in [-0.1, -0.05) is 133 Å². The van der Waals surface area contributed by atoms with E-state index in [0.717, 1.165) is 56.8 Å². The van der Waals surface area contributed by atoms with Gasteiger partial charge in [0.1, 0.15) is 0 Å². The van der Waals surface area contributed by atoms with Gasteiger partial charge in [0.25, 0.3) is 0 Å². The molecule has 0 fully saturated rings. The summed E-state index contributed by atoms with van der Waals surface area (Å²) in [6, 6.07) is 74.1. The summed E-state index contributed by atoms with van der Waals surface area (Å²) in [6.45, 7) is 0. The molecule has 0 spiro atoms. The molecule has 0 saturated carbocycles. The Morgan fingerprint density at radius 2 is 0.818 bits per heavy atom. The van der Waals surface area contributed by atoms with Gasteiger partial charge < -0.3 is 14.5 Å². The van der Waals surface area contributed by atoms with Crippen molar-refractivity contribution in [1.29, 1.82) is 0 Å². The highest BCUT2D eigenvalue weighted by molar-refractivity contribution is 6.10. The van der Waals surface area contributed by atoms with Crippen molar-refractivity contribution in [3.63, 3.8) is 0 Å². The number of nitrogens with zero attached hydrogens (tertiary/aromatic N) is 2. The zero-order valence-corrected chi connectivity index (χ0v) is 29.9. The van der Waals surface area contributed by atoms with Crippen molar-refractivity contribution in [2.75, 3.05) is 9.80 Å². The van der Waals surface area contributed by atoms with Crippen molar-refractivity contribution in [3.8, 4) is 22.6 Å². The predicted octanol–water partition coefficient (Wildman–Crippen LogP) is 15.0. The zero-order chi connectivity index (χ0) is 36.3. The van der Waals surface area contributed by atoms with E-state index < -0.39 is 0 Å². The summed E-state index contributed by atoms with van der Waals surface area (Å²) in [5.41, 5.74) is 8.74. The Bertz CT molecular complexity index is 2930. The smallest absolute Gasteiger partial charge is 0.151 e. The molecule has 0 atom stereocenters. The molecular weight excluding hydrogens is 669 g/mol. The van der Waals surface area contributed by atoms with E-state index in [1.165, 1.54) is 43.1 Å². The largest absolute Gasteiger partial charge is 0.453 e. The first-order valence-electron chi connectivity index (χ1n) is 18.7. The lowest BCUT2D eigenvalue weighted by molar-refractivity contribution is 0.477. The summed E-state index contributed by atoms with van der Waals surface area (Å²) in [5, 5.41) is 9.99. The van der Waals surface area contributed by atoms with Crippen LogP contribution in [0.3, 0.4) is 0 Å². The highest BCUT2D eigenvalue weighted by atomic mass is 16.5. The van der Waals surface area contributed by atoms with E-state index in [0.29, 0.717) is 0 Å². The zero-order valence-electron chi connectivity index (χ0n) is 29.9. The number of rotatable bonds is 5. The Balaban J connectivity index is 1.02. The molecule has 10 aromatic rings. The number of hydrogen-bond acceptors (Lipinski definition) is 3. The Morgan fingerprint density at radius 1 is 0.327 bits per heavy atom. The average molecular weight is 703 g/mol. The van der Waals surface area contributed by atoms with Gasteiger partial charge in [-0.2, -0.15) is 0 Å². The van der Waals surface area contributed by atoms with Crippen LogP contribution in [0.1, 0.15) is 0 Å². The van der Waals surface area contributed by atoms with Crippen LogP contribution in [0.25, 0.3) is 54.2 Å². The van der Waals surface area contributed by atoms with Crippen LogP contribution in [0.4, 0.5) is 34.1 Å². The van der Waals surface area contributed by atoms with Crippen molar-refractivity contribution >= 4 is 77.2 Å². The number of ether oxygens (including phenoxy) is 1. The molecule has 55 heavy (non-hydrogen) atoms. The average Bonchev–Trinajstić information content (AvgIpc) is 3.25. The first-order chi connectivity index (χ1) is 27.2. The molecule has 0 unspecified atom stereocenters. The Hall–Kier alpha value is -7.36. The molecule has 3 heteroatoms. The molecule has 3 nitrogen and oxygen atoms in total. The molecule has 1 aliphatic rings. The van der Waals surface area contributed by atoms with Crippen LogP contribution >= 0.6 is 0 Å². The Labute approximate surface area is 319 Å². The molecule has 10 aromatic carbocycles. The lowest BCUT2D eigenvalue weighted by Gasteiger charge is -2.33. The number of para-hydroxylation sites is 4. The Morgan fingerprint density at radius 3 is 1.42 bits per heavy atom. The highest BCUT2D eigenvalue weighted by Crippen LogP contribution is 2.50. The van der Waals surface area contributed by atoms with Gasteiger partial charge >= 0.3 is 0 Å². The van der Waals surface area contributed by atoms with Crippen LogP contribution < -0.4 is 14.5 Å². The maximum absolute atomic E-state index is 6.29. The number of hydrogen-bond donors (Lipinski definition) is 0. The monoisotopic (exact) mass is 702 g/mol. The molecule has 0 saturated heterocycles. The number of anilines is 6. The topological polar surface area (TPSA) is 15.7 Å². The molecule has 0 N–H and O–H groups in total. The van der Waals surface area contributed by atoms with Gasteiger partial charge in [-0.3, -0.25) is 0 Å². The van der Waals surface area contributed by atoms with Crippen LogP contribution in [-0.2, 0) is 0 Å². The lowest BCUT2D eigenvalue weighted by Crippen LogP contribution is -2.15. The van der Waals surface area contributed by atoms with E-state index in [4.69, 9.17) is 4.74 Å². The second-order valence-electron chi connectivity index (χ2n) is 14.2. The van der Waals surface area contributed by atoms with Crippen molar-refractivity contribution in [3.05, 3.63) is 206 Å². The first-order valence-corrected chi connectivity index (χ1v) is 18.7. The van der Waals surface area contributed by atoms with E-state index >= 15 is 0 Å². The molecule has 1 aliphatic heterocycles. The standard InChI is InChI=1S/C52H34N2O/c1-3-14-45-36(10-1)20-22-39-33-43(28-30-47(39)45)53(44-29-31-48-40(34-44)23-21-37-11-2-4-15-46(37)48)41-26-24-35(25-27-41)38-12-9-13-42(32-38)54-49-16-5-7-18-51(49)55-52-19-8-6-17-50(52)54/h1-34H. The van der Waals surface area contributed by atoms with Crippen LogP contribution in [0.2, 0.25) is 0 Å². The van der Waals surface area contributed by atoms with E-state index in [1.54, 1.807) is 0 Å². The van der Waals surface area contributed by atoms with Gasteiger partial charge in [0.15, 0.2) is 11.5 Å². The summed E-state index contributed by atoms with van der Waals surface area (Å²) in [6.07, 6.45) is 0. The molecule has 0 aromatic heterocycles. The van der Waals surface area contributed by atoms with Crippen molar-refractivity contribution in [2.24, 2.45) is 0 Å². The summed E-state index contributed by atoms with van der Waals surface area (Å²) in [4.78, 5) is 4.67. The summed E-state index contributed by atoms with van der Waals surface area (Å²) >= 11 is 0. The van der Waals surface area contributed by atoms with Gasteiger partial charge in [-0.15, -0.1) is 0 Å². The normalized spacial score (nSPS) is 12.1. The van der Waals surface area contributed by atoms with Gasteiger partial charge in [0, 0.05) is 22.7 Å². The summed E-state index contributed by atoms with van der Waals surface area (Å²) in [7, 11) is 0. The van der Waals surface area contributed by atoms with E-state index in [1.807, 2.05) is 24.3 Å². The minimum absolute atomic E-state index is 0.847. The quantitative estimate of drug-likeness (QED) is 0.166. The predicted molar refractivity (Wildman–Crippen MR) is 231 cm³/mol. The highest BCUT2D eigenvalue weighted by Gasteiger charge is 2.25. The van der Waals surface area contributed by atoms with Gasteiger partial charge in [0.05, 0.1) is 11.4 Å². The van der Waals surface area contributed by atoms with Crippen molar-refractivity contribution in [2.45, 2.75) is 0 Å². The molecule has 0 amide bonds. The van der Waals surface area contributed by atoms with Crippen molar-refractivity contribution < 1.29 is 4.74 Å². The molecule has 0 bridgehead atoms. The van der Waals surface area contributed by atoms with Crippen LogP contribution in [0.5, 0.6) is 11.5 Å². The molecule has 0 radical (unpaired) electrons. The molecule has 0 aliphatic carbocycles. The van der Waals surface area contributed by atoms with E-state index in [-0.39, 0.29) is 0 Å². The Kier molecular flexibility index (Phi) is 7.17. The third-order valence-corrected chi connectivity index (χ3v) is 11.0. The van der Waals surface area contributed by atoms with Crippen LogP contribution in [0, 0.1) is 0 Å². The summed E-state index contributed by atoms with van der Waals surface area (Å²) < 4.78 is 6.29. The van der Waals surface area contributed by atoms with Crippen molar-refractivity contribution in [1.82, 2.24) is 0 Å². The van der Waals surface area contributed by atoms with Crippen LogP contribution in [-0.4, -0.2) is 0 Å². The van der Waals surface area contributed by atoms with E-state index in [2.05, 4.69) is 192 Å². The van der Waals surface area contributed by atoms with Gasteiger partial charge in [-0.25, -0.2) is 0 Å². The number of benzene rings is 10. The van der Waals surface area contributed by atoms with Crippen LogP contribution in [0.15, 0.2) is 206 Å². The molecule has 258 valence electrons. The second kappa shape index (κ2) is 12.6. The maximum Gasteiger partial charge on any atom is 0.151 e. The second-order valence-corrected chi connectivity index (χ2v) is 14.2. The van der Waals surface area contributed by atoms with E-state index in [9.17, 15) is 0 Å². The fourth-order valence-electron chi connectivity index (χ4n) is 8.34. The maximum atomic E-state index is 6.29. The summed E-state index contributed by atoms with van der Waals surface area (Å²) in [5.74, 6) is 1.69. The fourth-order valence-corrected chi connectivity index (χ4v) is 8.34. The minimum atomic E-state index is 0.847. The van der Waals surface area contributed by atoms with Gasteiger partial charge in [-0.05, 0) is 127 Å². The third kappa shape index (κ3) is 5.28.